The predicted molar refractivity (Wildman–Crippen MR) is 100 cm³/mol. The molecule has 108 valence electrons. The highest BCUT2D eigenvalue weighted by atomic mass is 32.2. The molecule has 0 aliphatic rings. The Morgan fingerprint density at radius 2 is 1.00 bits per heavy atom. The monoisotopic (exact) mass is 316 g/mol. The molecule has 0 heterocycles. The quantitative estimate of drug-likeness (QED) is 0.431. The zero-order valence-electron chi connectivity index (χ0n) is 9.03. The number of hydrogen-bond acceptors (Lipinski definition) is 4. The molecule has 0 radical (unpaired) electrons. The molecule has 17 heavy (non-hydrogen) atoms. The van der Waals surface area contributed by atoms with E-state index in [2.05, 4.69) is 24.7 Å². The molecule has 0 N–H and O–H groups in total. The van der Waals surface area contributed by atoms with Crippen LogP contribution in [0.15, 0.2) is 10.8 Å². The second-order valence-corrected chi connectivity index (χ2v) is 7.22. The third-order valence-electron chi connectivity index (χ3n) is 1.35. The van der Waals surface area contributed by atoms with E-state index in [0.29, 0.717) is 0 Å². The first kappa shape index (κ1) is 26.7. The smallest absolute Gasteiger partial charge is 0.00652 e. The van der Waals surface area contributed by atoms with Gasteiger partial charge in [0.2, 0.25) is 0 Å². The van der Waals surface area contributed by atoms with E-state index in [-0.39, 0.29) is 22.3 Å². The number of thioether (sulfide) groups is 4. The molecule has 0 unspecified atom stereocenters. The molecule has 0 amide bonds. The minimum absolute atomic E-state index is 0. The van der Waals surface area contributed by atoms with Gasteiger partial charge in [0.25, 0.3) is 0 Å². The molecule has 0 aliphatic heterocycles. The first-order valence-corrected chi connectivity index (χ1v) is 9.36. The topological polar surface area (TPSA) is 0 Å². The van der Waals surface area contributed by atoms with Crippen molar-refractivity contribution in [2.24, 2.45) is 0 Å². The van der Waals surface area contributed by atoms with E-state index in [1.165, 1.54) is 34.5 Å². The highest BCUT2D eigenvalue weighted by Crippen LogP contribution is 2.12. The fraction of sp³-hybridized carbons (Fsp3) is 0.846. The van der Waals surface area contributed by atoms with E-state index in [0.717, 1.165) is 0 Å². The van der Waals surface area contributed by atoms with Crippen LogP contribution in [0.3, 0.4) is 0 Å². The second-order valence-electron chi connectivity index (χ2n) is 2.41. The van der Waals surface area contributed by atoms with Crippen LogP contribution in [-0.2, 0) is 0 Å². The van der Waals surface area contributed by atoms with Crippen LogP contribution < -0.4 is 0 Å². The van der Waals surface area contributed by atoms with Crippen LogP contribution in [-0.4, -0.2) is 34.5 Å². The molecule has 0 aromatic rings. The van der Waals surface area contributed by atoms with Crippen molar-refractivity contribution >= 4 is 47.0 Å². The van der Waals surface area contributed by atoms with Gasteiger partial charge in [0.05, 0.1) is 0 Å². The Kier molecular flexibility index (Phi) is 40.5. The first-order chi connectivity index (χ1) is 6.91. The minimum Gasteiger partial charge on any atom is -0.161 e. The van der Waals surface area contributed by atoms with Crippen molar-refractivity contribution < 1.29 is 0 Å². The van der Waals surface area contributed by atoms with Crippen LogP contribution in [0, 0.1) is 0 Å². The maximum Gasteiger partial charge on any atom is 0.00652 e. The van der Waals surface area contributed by atoms with E-state index in [1.54, 1.807) is 0 Å². The van der Waals surface area contributed by atoms with Crippen molar-refractivity contribution in [3.05, 3.63) is 10.8 Å². The lowest BCUT2D eigenvalue weighted by Crippen LogP contribution is -1.82. The van der Waals surface area contributed by atoms with Gasteiger partial charge in [-0.3, -0.25) is 0 Å². The van der Waals surface area contributed by atoms with Gasteiger partial charge in [-0.2, -0.15) is 23.5 Å². The molecule has 0 bridgehead atoms. The Hall–Kier alpha value is 1.14. The summed E-state index contributed by atoms with van der Waals surface area (Å²) < 4.78 is 0. The summed E-state index contributed by atoms with van der Waals surface area (Å²) in [6.07, 6.45) is 0. The maximum atomic E-state index is 2.23. The molecule has 0 fully saturated rings. The van der Waals surface area contributed by atoms with Crippen molar-refractivity contribution in [1.29, 1.82) is 0 Å². The van der Waals surface area contributed by atoms with Crippen LogP contribution in [0.25, 0.3) is 0 Å². The fourth-order valence-corrected chi connectivity index (χ4v) is 3.91. The van der Waals surface area contributed by atoms with Crippen LogP contribution in [0.4, 0.5) is 0 Å². The van der Waals surface area contributed by atoms with Gasteiger partial charge < -0.3 is 0 Å². The van der Waals surface area contributed by atoms with Crippen molar-refractivity contribution in [2.45, 2.75) is 36.1 Å². The molecule has 0 aromatic heterocycles. The van der Waals surface area contributed by atoms with E-state index in [1.807, 2.05) is 47.0 Å². The molecular formula is C13H32S4. The Morgan fingerprint density at radius 1 is 0.647 bits per heavy atom. The molecule has 0 saturated heterocycles. The molecule has 0 rings (SSSR count). The highest BCUT2D eigenvalue weighted by Gasteiger charge is 1.86. The SMILES string of the molecule is C.C.C.CCSCCS/C=C\SCCSCC. The Morgan fingerprint density at radius 3 is 1.29 bits per heavy atom. The summed E-state index contributed by atoms with van der Waals surface area (Å²) in [5.41, 5.74) is 0. The van der Waals surface area contributed by atoms with Gasteiger partial charge in [-0.15, -0.1) is 23.5 Å². The zero-order valence-corrected chi connectivity index (χ0v) is 12.3. The highest BCUT2D eigenvalue weighted by molar-refractivity contribution is 8.07. The summed E-state index contributed by atoms with van der Waals surface area (Å²) in [4.78, 5) is 0. The molecule has 0 saturated carbocycles. The average molecular weight is 317 g/mol. The van der Waals surface area contributed by atoms with E-state index in [4.69, 9.17) is 0 Å². The predicted octanol–water partition coefficient (Wildman–Crippen LogP) is 6.34. The third-order valence-corrected chi connectivity index (χ3v) is 5.38. The van der Waals surface area contributed by atoms with Gasteiger partial charge >= 0.3 is 0 Å². The van der Waals surface area contributed by atoms with Crippen molar-refractivity contribution in [2.75, 3.05) is 34.5 Å². The van der Waals surface area contributed by atoms with Gasteiger partial charge in [-0.25, -0.2) is 0 Å². The lowest BCUT2D eigenvalue weighted by Gasteiger charge is -1.95. The summed E-state index contributed by atoms with van der Waals surface area (Å²) in [6, 6.07) is 0. The molecule has 0 spiro atoms. The summed E-state index contributed by atoms with van der Waals surface area (Å²) in [5.74, 6) is 7.54. The van der Waals surface area contributed by atoms with Gasteiger partial charge in [0, 0.05) is 23.0 Å². The summed E-state index contributed by atoms with van der Waals surface area (Å²) in [6.45, 7) is 4.43. The summed E-state index contributed by atoms with van der Waals surface area (Å²) in [7, 11) is 0. The first-order valence-electron chi connectivity index (χ1n) is 4.95. The van der Waals surface area contributed by atoms with E-state index < -0.39 is 0 Å². The molecule has 0 aromatic carbocycles. The minimum atomic E-state index is 0. The largest absolute Gasteiger partial charge is 0.161 e. The van der Waals surface area contributed by atoms with Crippen molar-refractivity contribution in [1.82, 2.24) is 0 Å². The lowest BCUT2D eigenvalue weighted by molar-refractivity contribution is 1.48. The number of hydrogen-bond donors (Lipinski definition) is 0. The average Bonchev–Trinajstić information content (AvgIpc) is 2.21. The van der Waals surface area contributed by atoms with Crippen molar-refractivity contribution in [3.8, 4) is 0 Å². The Bertz CT molecular complexity index is 113. The van der Waals surface area contributed by atoms with Crippen LogP contribution in [0.5, 0.6) is 0 Å². The Labute approximate surface area is 128 Å². The van der Waals surface area contributed by atoms with Crippen LogP contribution >= 0.6 is 47.0 Å². The normalized spacial score (nSPS) is 9.29. The maximum absolute atomic E-state index is 2.23. The van der Waals surface area contributed by atoms with Gasteiger partial charge in [0.15, 0.2) is 0 Å². The lowest BCUT2D eigenvalue weighted by atomic mass is 10.9. The van der Waals surface area contributed by atoms with E-state index in [9.17, 15) is 0 Å². The van der Waals surface area contributed by atoms with E-state index >= 15 is 0 Å². The Balaban J connectivity index is -0.000000282. The molecular weight excluding hydrogens is 284 g/mol. The second kappa shape index (κ2) is 25.9. The fourth-order valence-electron chi connectivity index (χ4n) is 0.717. The van der Waals surface area contributed by atoms with Crippen LogP contribution in [0.2, 0.25) is 0 Å². The van der Waals surface area contributed by atoms with Gasteiger partial charge in [-0.05, 0) is 22.3 Å². The van der Waals surface area contributed by atoms with Crippen molar-refractivity contribution in [3.63, 3.8) is 0 Å². The number of rotatable bonds is 10. The standard InChI is InChI=1S/C10H20S4.3CH4/c1-3-11-5-7-13-9-10-14-8-6-12-4-2;;;/h9-10H,3-8H2,1-2H3;3*1H4/b10-9-;;;. The molecule has 4 heteroatoms. The van der Waals surface area contributed by atoms with Crippen LogP contribution in [0.1, 0.15) is 36.1 Å². The molecule has 0 atom stereocenters. The molecule has 0 aliphatic carbocycles. The summed E-state index contributed by atoms with van der Waals surface area (Å²) in [5, 5.41) is 4.47. The third kappa shape index (κ3) is 26.7. The van der Waals surface area contributed by atoms with Gasteiger partial charge in [-0.1, -0.05) is 36.1 Å². The summed E-state index contributed by atoms with van der Waals surface area (Å²) >= 11 is 7.89. The zero-order chi connectivity index (χ0) is 10.5. The van der Waals surface area contributed by atoms with Gasteiger partial charge in [0.1, 0.15) is 0 Å². The molecule has 0 nitrogen and oxygen atoms in total.